The molecule has 0 amide bonds. The van der Waals surface area contributed by atoms with Gasteiger partial charge in [0.05, 0.1) is 19.0 Å². The molecule has 3 rings (SSSR count). The number of para-hydroxylation sites is 2. The SMILES string of the molecule is COc1ccccc1N1CCN(c2ncc(N)s2)CC1. The van der Waals surface area contributed by atoms with E-state index in [9.17, 15) is 0 Å². The molecule has 0 atom stereocenters. The molecule has 0 aliphatic carbocycles. The van der Waals surface area contributed by atoms with Gasteiger partial charge in [0.15, 0.2) is 5.13 Å². The lowest BCUT2D eigenvalue weighted by Crippen LogP contribution is -2.46. The number of ether oxygens (including phenoxy) is 1. The van der Waals surface area contributed by atoms with E-state index in [1.165, 1.54) is 0 Å². The molecule has 0 spiro atoms. The fourth-order valence-corrected chi connectivity index (χ4v) is 3.19. The van der Waals surface area contributed by atoms with Gasteiger partial charge in [0.2, 0.25) is 0 Å². The second-order valence-corrected chi connectivity index (χ2v) is 5.73. The molecule has 0 unspecified atom stereocenters. The number of hydrogen-bond donors (Lipinski definition) is 1. The van der Waals surface area contributed by atoms with Gasteiger partial charge in [0.25, 0.3) is 0 Å². The molecular weight excluding hydrogens is 272 g/mol. The van der Waals surface area contributed by atoms with Crippen LogP contribution < -0.4 is 20.3 Å². The van der Waals surface area contributed by atoms with Gasteiger partial charge in [-0.3, -0.25) is 0 Å². The molecule has 2 heterocycles. The third-order valence-corrected chi connectivity index (χ3v) is 4.37. The van der Waals surface area contributed by atoms with Crippen molar-refractivity contribution < 1.29 is 4.74 Å². The monoisotopic (exact) mass is 290 g/mol. The molecule has 1 saturated heterocycles. The predicted molar refractivity (Wildman–Crippen MR) is 83.9 cm³/mol. The molecule has 1 aliphatic rings. The maximum absolute atomic E-state index is 5.74. The van der Waals surface area contributed by atoms with Gasteiger partial charge in [0.1, 0.15) is 10.8 Å². The first kappa shape index (κ1) is 13.1. The molecule has 106 valence electrons. The second kappa shape index (κ2) is 5.58. The molecule has 20 heavy (non-hydrogen) atoms. The number of aromatic nitrogens is 1. The van der Waals surface area contributed by atoms with E-state index in [2.05, 4.69) is 20.9 Å². The quantitative estimate of drug-likeness (QED) is 0.937. The molecule has 1 fully saturated rings. The summed E-state index contributed by atoms with van der Waals surface area (Å²) in [5, 5.41) is 1.79. The van der Waals surface area contributed by atoms with Gasteiger partial charge in [-0.05, 0) is 12.1 Å². The number of nitrogen functional groups attached to an aromatic ring is 1. The van der Waals surface area contributed by atoms with Gasteiger partial charge >= 0.3 is 0 Å². The largest absolute Gasteiger partial charge is 0.495 e. The molecular formula is C14H18N4OS. The van der Waals surface area contributed by atoms with Crippen LogP contribution in [-0.2, 0) is 0 Å². The van der Waals surface area contributed by atoms with Gasteiger partial charge in [-0.1, -0.05) is 23.5 Å². The van der Waals surface area contributed by atoms with E-state index >= 15 is 0 Å². The van der Waals surface area contributed by atoms with Crippen molar-refractivity contribution in [2.45, 2.75) is 0 Å². The van der Waals surface area contributed by atoms with E-state index in [1.54, 1.807) is 24.6 Å². The van der Waals surface area contributed by atoms with E-state index in [1.807, 2.05) is 18.2 Å². The topological polar surface area (TPSA) is 54.6 Å². The molecule has 2 aromatic rings. The number of benzene rings is 1. The highest BCUT2D eigenvalue weighted by Crippen LogP contribution is 2.30. The summed E-state index contributed by atoms with van der Waals surface area (Å²) in [6.07, 6.45) is 1.73. The minimum Gasteiger partial charge on any atom is -0.495 e. The first-order chi connectivity index (χ1) is 9.78. The summed E-state index contributed by atoms with van der Waals surface area (Å²) in [7, 11) is 1.72. The Hall–Kier alpha value is -1.95. The van der Waals surface area contributed by atoms with E-state index in [0.29, 0.717) is 0 Å². The minimum atomic E-state index is 0.771. The van der Waals surface area contributed by atoms with Gasteiger partial charge in [-0.2, -0.15) is 0 Å². The van der Waals surface area contributed by atoms with Crippen molar-refractivity contribution in [2.75, 3.05) is 48.8 Å². The lowest BCUT2D eigenvalue weighted by atomic mass is 10.2. The van der Waals surface area contributed by atoms with Crippen LogP contribution in [0, 0.1) is 0 Å². The van der Waals surface area contributed by atoms with Gasteiger partial charge < -0.3 is 20.3 Å². The number of hydrogen-bond acceptors (Lipinski definition) is 6. The molecule has 1 aromatic heterocycles. The number of nitrogens with zero attached hydrogens (tertiary/aromatic N) is 3. The Labute approximate surface area is 122 Å². The van der Waals surface area contributed by atoms with E-state index in [4.69, 9.17) is 10.5 Å². The van der Waals surface area contributed by atoms with Gasteiger partial charge in [-0.15, -0.1) is 0 Å². The van der Waals surface area contributed by atoms with Crippen LogP contribution in [0.2, 0.25) is 0 Å². The van der Waals surface area contributed by atoms with Crippen molar-refractivity contribution in [1.29, 1.82) is 0 Å². The summed E-state index contributed by atoms with van der Waals surface area (Å²) >= 11 is 1.55. The highest BCUT2D eigenvalue weighted by atomic mass is 32.1. The number of rotatable bonds is 3. The summed E-state index contributed by atoms with van der Waals surface area (Å²) in [6, 6.07) is 8.15. The zero-order valence-corrected chi connectivity index (χ0v) is 12.3. The van der Waals surface area contributed by atoms with Crippen molar-refractivity contribution in [3.8, 4) is 5.75 Å². The van der Waals surface area contributed by atoms with Crippen molar-refractivity contribution in [1.82, 2.24) is 4.98 Å². The molecule has 5 nitrogen and oxygen atoms in total. The Morgan fingerprint density at radius 1 is 1.15 bits per heavy atom. The van der Waals surface area contributed by atoms with Crippen LogP contribution in [-0.4, -0.2) is 38.3 Å². The lowest BCUT2D eigenvalue weighted by Gasteiger charge is -2.36. The average Bonchev–Trinajstić information content (AvgIpc) is 2.94. The van der Waals surface area contributed by atoms with Gasteiger partial charge in [-0.25, -0.2) is 4.98 Å². The Bertz CT molecular complexity index is 578. The highest BCUT2D eigenvalue weighted by Gasteiger charge is 2.21. The van der Waals surface area contributed by atoms with Crippen molar-refractivity contribution >= 4 is 27.2 Å². The Balaban J connectivity index is 1.69. The van der Waals surface area contributed by atoms with Gasteiger partial charge in [0, 0.05) is 26.2 Å². The zero-order valence-electron chi connectivity index (χ0n) is 11.5. The molecule has 2 N–H and O–H groups in total. The summed E-state index contributed by atoms with van der Waals surface area (Å²) in [6.45, 7) is 3.82. The van der Waals surface area contributed by atoms with E-state index in [-0.39, 0.29) is 0 Å². The van der Waals surface area contributed by atoms with E-state index < -0.39 is 0 Å². The number of nitrogens with two attached hydrogens (primary N) is 1. The summed E-state index contributed by atoms with van der Waals surface area (Å²) in [4.78, 5) is 8.99. The first-order valence-corrected chi connectivity index (χ1v) is 7.44. The van der Waals surface area contributed by atoms with Crippen molar-refractivity contribution in [2.24, 2.45) is 0 Å². The summed E-state index contributed by atoms with van der Waals surface area (Å²) in [5.74, 6) is 0.930. The Morgan fingerprint density at radius 2 is 1.85 bits per heavy atom. The summed E-state index contributed by atoms with van der Waals surface area (Å²) in [5.41, 5.74) is 6.90. The summed E-state index contributed by atoms with van der Waals surface area (Å²) < 4.78 is 5.43. The second-order valence-electron chi connectivity index (χ2n) is 4.69. The molecule has 0 bridgehead atoms. The number of thiazole rings is 1. The first-order valence-electron chi connectivity index (χ1n) is 6.62. The van der Waals surface area contributed by atoms with Crippen molar-refractivity contribution in [3.05, 3.63) is 30.5 Å². The molecule has 0 radical (unpaired) electrons. The van der Waals surface area contributed by atoms with Crippen LogP contribution in [0.4, 0.5) is 15.8 Å². The van der Waals surface area contributed by atoms with Crippen LogP contribution in [0.15, 0.2) is 30.5 Å². The third kappa shape index (κ3) is 2.51. The van der Waals surface area contributed by atoms with Crippen LogP contribution in [0.25, 0.3) is 0 Å². The normalized spacial score (nSPS) is 15.4. The van der Waals surface area contributed by atoms with Crippen LogP contribution in [0.5, 0.6) is 5.75 Å². The van der Waals surface area contributed by atoms with Crippen molar-refractivity contribution in [3.63, 3.8) is 0 Å². The third-order valence-electron chi connectivity index (χ3n) is 3.49. The highest BCUT2D eigenvalue weighted by molar-refractivity contribution is 7.19. The Kier molecular flexibility index (Phi) is 3.64. The number of anilines is 3. The maximum atomic E-state index is 5.74. The van der Waals surface area contributed by atoms with Crippen LogP contribution >= 0.6 is 11.3 Å². The fourth-order valence-electron chi connectivity index (χ4n) is 2.45. The molecule has 1 aliphatic heterocycles. The van der Waals surface area contributed by atoms with Crippen LogP contribution in [0.3, 0.4) is 0 Å². The smallest absolute Gasteiger partial charge is 0.187 e. The van der Waals surface area contributed by atoms with Crippen LogP contribution in [0.1, 0.15) is 0 Å². The average molecular weight is 290 g/mol. The predicted octanol–water partition coefficient (Wildman–Crippen LogP) is 2.06. The maximum Gasteiger partial charge on any atom is 0.187 e. The lowest BCUT2D eigenvalue weighted by molar-refractivity contribution is 0.413. The minimum absolute atomic E-state index is 0.771. The Morgan fingerprint density at radius 3 is 2.50 bits per heavy atom. The molecule has 0 saturated carbocycles. The zero-order chi connectivity index (χ0) is 13.9. The number of methoxy groups -OCH3 is 1. The molecule has 1 aromatic carbocycles. The number of piperazine rings is 1. The molecule has 6 heteroatoms. The standard InChI is InChI=1S/C14H18N4OS/c1-19-12-5-3-2-4-11(12)17-6-8-18(9-7-17)14-16-10-13(15)20-14/h2-5,10H,6-9,15H2,1H3. The van der Waals surface area contributed by atoms with E-state index in [0.717, 1.165) is 47.7 Å². The fraction of sp³-hybridized carbons (Fsp3) is 0.357.